The fourth-order valence-corrected chi connectivity index (χ4v) is 4.17. The number of methoxy groups -OCH3 is 1. The zero-order valence-electron chi connectivity index (χ0n) is 16.5. The highest BCUT2D eigenvalue weighted by molar-refractivity contribution is 5.80. The summed E-state index contributed by atoms with van der Waals surface area (Å²) in [7, 11) is 3.57. The van der Waals surface area contributed by atoms with Gasteiger partial charge in [-0.25, -0.2) is 0 Å². The Hall–Kier alpha value is -1.91. The quantitative estimate of drug-likeness (QED) is 0.460. The van der Waals surface area contributed by atoms with Gasteiger partial charge >= 0.3 is 0 Å². The maximum Gasteiger partial charge on any atom is 0.193 e. The number of nitrogens with one attached hydrogen (secondary N) is 1. The SMILES string of the molecule is CCOc1cc(CCCNC(=NC)N2CCC3(CCC3)C2)ccc1OC. The van der Waals surface area contributed by atoms with Gasteiger partial charge in [0.15, 0.2) is 17.5 Å². The van der Waals surface area contributed by atoms with Crippen LogP contribution in [-0.4, -0.2) is 51.3 Å². The molecule has 5 heteroatoms. The molecule has 1 aliphatic heterocycles. The van der Waals surface area contributed by atoms with Gasteiger partial charge in [-0.2, -0.15) is 0 Å². The number of aryl methyl sites for hydroxylation is 1. The molecule has 0 unspecified atom stereocenters. The van der Waals surface area contributed by atoms with Gasteiger partial charge in [-0.3, -0.25) is 4.99 Å². The Morgan fingerprint density at radius 3 is 2.73 bits per heavy atom. The molecule has 1 N–H and O–H groups in total. The molecule has 144 valence electrons. The van der Waals surface area contributed by atoms with Gasteiger partial charge in [0.2, 0.25) is 0 Å². The molecule has 1 spiro atoms. The van der Waals surface area contributed by atoms with Crippen LogP contribution in [0.1, 0.15) is 44.6 Å². The number of hydrogen-bond acceptors (Lipinski definition) is 3. The van der Waals surface area contributed by atoms with Crippen molar-refractivity contribution >= 4 is 5.96 Å². The molecule has 2 fully saturated rings. The van der Waals surface area contributed by atoms with Crippen LogP contribution in [0.5, 0.6) is 11.5 Å². The highest BCUT2D eigenvalue weighted by Gasteiger charge is 2.43. The van der Waals surface area contributed by atoms with E-state index in [0.717, 1.165) is 43.4 Å². The summed E-state index contributed by atoms with van der Waals surface area (Å²) in [5.74, 6) is 2.70. The number of likely N-dealkylation sites (tertiary alicyclic amines) is 1. The van der Waals surface area contributed by atoms with Crippen LogP contribution in [0.15, 0.2) is 23.2 Å². The summed E-state index contributed by atoms with van der Waals surface area (Å²) in [6.07, 6.45) is 7.62. The van der Waals surface area contributed by atoms with E-state index in [0.29, 0.717) is 12.0 Å². The van der Waals surface area contributed by atoms with Crippen molar-refractivity contribution in [3.8, 4) is 11.5 Å². The van der Waals surface area contributed by atoms with Gasteiger partial charge in [0.1, 0.15) is 0 Å². The Morgan fingerprint density at radius 2 is 2.12 bits per heavy atom. The molecule has 26 heavy (non-hydrogen) atoms. The second-order valence-electron chi connectivity index (χ2n) is 7.52. The number of benzene rings is 1. The fourth-order valence-electron chi connectivity index (χ4n) is 4.17. The maximum absolute atomic E-state index is 5.67. The van der Waals surface area contributed by atoms with Crippen LogP contribution in [0.2, 0.25) is 0 Å². The number of hydrogen-bond donors (Lipinski definition) is 1. The second-order valence-corrected chi connectivity index (χ2v) is 7.52. The molecule has 0 amide bonds. The standard InChI is InChI=1S/C21H33N3O2/c1-4-26-19-15-17(8-9-18(19)25-3)7-5-13-23-20(22-2)24-14-12-21(16-24)10-6-11-21/h8-9,15H,4-7,10-14,16H2,1-3H3,(H,22,23). The molecule has 1 saturated heterocycles. The van der Waals surface area contributed by atoms with Crippen molar-refractivity contribution in [1.29, 1.82) is 0 Å². The predicted octanol–water partition coefficient (Wildman–Crippen LogP) is 3.48. The summed E-state index contributed by atoms with van der Waals surface area (Å²) in [5.41, 5.74) is 1.89. The van der Waals surface area contributed by atoms with Crippen LogP contribution in [0.3, 0.4) is 0 Å². The third kappa shape index (κ3) is 4.25. The third-order valence-electron chi connectivity index (χ3n) is 5.82. The largest absolute Gasteiger partial charge is 0.493 e. The van der Waals surface area contributed by atoms with E-state index in [-0.39, 0.29) is 0 Å². The number of rotatable bonds is 7. The molecule has 0 bridgehead atoms. The smallest absolute Gasteiger partial charge is 0.193 e. The molecular formula is C21H33N3O2. The Balaban J connectivity index is 1.45. The lowest BCUT2D eigenvalue weighted by atomic mass is 9.68. The number of guanidine groups is 1. The molecule has 1 saturated carbocycles. The summed E-state index contributed by atoms with van der Waals surface area (Å²) in [5, 5.41) is 3.55. The van der Waals surface area contributed by atoms with Crippen molar-refractivity contribution in [2.75, 3.05) is 40.4 Å². The van der Waals surface area contributed by atoms with E-state index in [1.54, 1.807) is 7.11 Å². The van der Waals surface area contributed by atoms with E-state index in [1.807, 2.05) is 20.0 Å². The lowest BCUT2D eigenvalue weighted by Gasteiger charge is -2.38. The van der Waals surface area contributed by atoms with E-state index < -0.39 is 0 Å². The first-order chi connectivity index (χ1) is 12.7. The van der Waals surface area contributed by atoms with E-state index in [9.17, 15) is 0 Å². The molecule has 1 aromatic rings. The van der Waals surface area contributed by atoms with Gasteiger partial charge in [0, 0.05) is 26.7 Å². The molecule has 0 atom stereocenters. The van der Waals surface area contributed by atoms with Gasteiger partial charge in [0.25, 0.3) is 0 Å². The fraction of sp³-hybridized carbons (Fsp3) is 0.667. The van der Waals surface area contributed by atoms with Gasteiger partial charge < -0.3 is 19.7 Å². The molecule has 1 aliphatic carbocycles. The molecule has 5 nitrogen and oxygen atoms in total. The van der Waals surface area contributed by atoms with Crippen molar-refractivity contribution in [3.63, 3.8) is 0 Å². The topological polar surface area (TPSA) is 46.1 Å². The maximum atomic E-state index is 5.67. The summed E-state index contributed by atoms with van der Waals surface area (Å²) >= 11 is 0. The Labute approximate surface area is 157 Å². The Bertz CT molecular complexity index is 626. The summed E-state index contributed by atoms with van der Waals surface area (Å²) < 4.78 is 11.0. The summed E-state index contributed by atoms with van der Waals surface area (Å²) in [6, 6.07) is 6.21. The van der Waals surface area contributed by atoms with Crippen LogP contribution >= 0.6 is 0 Å². The van der Waals surface area contributed by atoms with Gasteiger partial charge in [-0.15, -0.1) is 0 Å². The van der Waals surface area contributed by atoms with Crippen LogP contribution in [0.25, 0.3) is 0 Å². The molecule has 1 aromatic carbocycles. The zero-order chi connectivity index (χ0) is 18.4. The second kappa shape index (κ2) is 8.65. The normalized spacial score (nSPS) is 18.7. The molecule has 2 aliphatic rings. The molecular weight excluding hydrogens is 326 g/mol. The van der Waals surface area contributed by atoms with Crippen LogP contribution < -0.4 is 14.8 Å². The van der Waals surface area contributed by atoms with E-state index in [4.69, 9.17) is 9.47 Å². The van der Waals surface area contributed by atoms with Gasteiger partial charge in [0.05, 0.1) is 13.7 Å². The number of ether oxygens (including phenoxy) is 2. The summed E-state index contributed by atoms with van der Waals surface area (Å²) in [6.45, 7) is 5.91. The van der Waals surface area contributed by atoms with Crippen LogP contribution in [-0.2, 0) is 6.42 Å². The monoisotopic (exact) mass is 359 g/mol. The third-order valence-corrected chi connectivity index (χ3v) is 5.82. The van der Waals surface area contributed by atoms with Gasteiger partial charge in [-0.1, -0.05) is 12.5 Å². The average molecular weight is 360 g/mol. The molecule has 1 heterocycles. The first-order valence-corrected chi connectivity index (χ1v) is 9.95. The average Bonchev–Trinajstić information content (AvgIpc) is 3.08. The highest BCUT2D eigenvalue weighted by Crippen LogP contribution is 2.47. The lowest BCUT2D eigenvalue weighted by Crippen LogP contribution is -2.42. The molecule has 0 aromatic heterocycles. The van der Waals surface area contributed by atoms with Crippen LogP contribution in [0, 0.1) is 5.41 Å². The van der Waals surface area contributed by atoms with Crippen LogP contribution in [0.4, 0.5) is 0 Å². The van der Waals surface area contributed by atoms with E-state index >= 15 is 0 Å². The number of nitrogens with zero attached hydrogens (tertiary/aromatic N) is 2. The minimum absolute atomic E-state index is 0.608. The Kier molecular flexibility index (Phi) is 6.28. The van der Waals surface area contributed by atoms with Gasteiger partial charge in [-0.05, 0) is 62.1 Å². The first-order valence-electron chi connectivity index (χ1n) is 9.95. The predicted molar refractivity (Wildman–Crippen MR) is 106 cm³/mol. The zero-order valence-corrected chi connectivity index (χ0v) is 16.5. The molecule has 0 radical (unpaired) electrons. The first kappa shape index (κ1) is 18.9. The summed E-state index contributed by atoms with van der Waals surface area (Å²) in [4.78, 5) is 6.94. The minimum Gasteiger partial charge on any atom is -0.493 e. The number of aliphatic imine (C=N–C) groups is 1. The van der Waals surface area contributed by atoms with Crippen molar-refractivity contribution in [2.24, 2.45) is 10.4 Å². The lowest BCUT2D eigenvalue weighted by molar-refractivity contribution is 0.151. The molecule has 3 rings (SSSR count). The highest BCUT2D eigenvalue weighted by atomic mass is 16.5. The van der Waals surface area contributed by atoms with Crippen molar-refractivity contribution in [3.05, 3.63) is 23.8 Å². The van der Waals surface area contributed by atoms with E-state index in [1.165, 1.54) is 37.8 Å². The minimum atomic E-state index is 0.608. The van der Waals surface area contributed by atoms with Crippen molar-refractivity contribution in [2.45, 2.75) is 45.4 Å². The van der Waals surface area contributed by atoms with E-state index in [2.05, 4.69) is 27.3 Å². The van der Waals surface area contributed by atoms with Crippen molar-refractivity contribution in [1.82, 2.24) is 10.2 Å². The Morgan fingerprint density at radius 1 is 1.27 bits per heavy atom. The van der Waals surface area contributed by atoms with Crippen molar-refractivity contribution < 1.29 is 9.47 Å².